The van der Waals surface area contributed by atoms with Gasteiger partial charge in [0.05, 0.1) is 12.5 Å². The lowest BCUT2D eigenvalue weighted by Crippen LogP contribution is -2.12. The number of methoxy groups -OCH3 is 1. The van der Waals surface area contributed by atoms with Crippen molar-refractivity contribution in [3.8, 4) is 5.75 Å². The van der Waals surface area contributed by atoms with Crippen molar-refractivity contribution in [3.05, 3.63) is 51.5 Å². The van der Waals surface area contributed by atoms with Gasteiger partial charge in [0.1, 0.15) is 12.0 Å². The van der Waals surface area contributed by atoms with E-state index in [0.29, 0.717) is 6.42 Å². The minimum atomic E-state index is -0.0478. The fourth-order valence-electron chi connectivity index (χ4n) is 2.22. The number of ether oxygens (including phenoxy) is 1. The molecule has 2 nitrogen and oxygen atoms in total. The van der Waals surface area contributed by atoms with E-state index in [2.05, 4.69) is 15.9 Å². The quantitative estimate of drug-likeness (QED) is 0.577. The molecule has 0 spiro atoms. The van der Waals surface area contributed by atoms with Crippen molar-refractivity contribution in [2.24, 2.45) is 0 Å². The molecule has 1 aliphatic carbocycles. The molecule has 0 radical (unpaired) electrons. The van der Waals surface area contributed by atoms with Gasteiger partial charge in [0, 0.05) is 10.9 Å². The van der Waals surface area contributed by atoms with Gasteiger partial charge in [-0.15, -0.1) is 11.6 Å². The zero-order valence-corrected chi connectivity index (χ0v) is 13.6. The Kier molecular flexibility index (Phi) is 5.44. The lowest BCUT2D eigenvalue weighted by Gasteiger charge is -2.21. The highest BCUT2D eigenvalue weighted by Crippen LogP contribution is 2.34. The number of aldehydes is 1. The van der Waals surface area contributed by atoms with Gasteiger partial charge in [-0.25, -0.2) is 0 Å². The van der Waals surface area contributed by atoms with Crippen molar-refractivity contribution in [1.82, 2.24) is 0 Å². The molecule has 20 heavy (non-hydrogen) atoms. The van der Waals surface area contributed by atoms with E-state index in [0.717, 1.165) is 34.9 Å². The molecule has 0 bridgehead atoms. The lowest BCUT2D eigenvalue weighted by atomic mass is 9.92. The van der Waals surface area contributed by atoms with E-state index in [-0.39, 0.29) is 5.38 Å². The van der Waals surface area contributed by atoms with Crippen LogP contribution in [-0.2, 0) is 11.2 Å². The molecule has 106 valence electrons. The highest BCUT2D eigenvalue weighted by atomic mass is 79.9. The summed E-state index contributed by atoms with van der Waals surface area (Å²) in [6.45, 7) is 0. The van der Waals surface area contributed by atoms with E-state index in [1.165, 1.54) is 11.1 Å². The zero-order valence-electron chi connectivity index (χ0n) is 11.2. The van der Waals surface area contributed by atoms with Crippen LogP contribution >= 0.6 is 27.5 Å². The van der Waals surface area contributed by atoms with Crippen LogP contribution in [0.3, 0.4) is 0 Å². The van der Waals surface area contributed by atoms with E-state index in [9.17, 15) is 4.79 Å². The molecule has 1 aromatic rings. The van der Waals surface area contributed by atoms with E-state index >= 15 is 0 Å². The minimum Gasteiger partial charge on any atom is -0.497 e. The topological polar surface area (TPSA) is 26.3 Å². The highest BCUT2D eigenvalue weighted by molar-refractivity contribution is 9.11. The largest absolute Gasteiger partial charge is 0.497 e. The molecule has 0 aromatic heterocycles. The monoisotopic (exact) mass is 354 g/mol. The van der Waals surface area contributed by atoms with Gasteiger partial charge in [-0.1, -0.05) is 28.1 Å². The van der Waals surface area contributed by atoms with Crippen LogP contribution < -0.4 is 4.74 Å². The normalized spacial score (nSPS) is 18.8. The van der Waals surface area contributed by atoms with Crippen molar-refractivity contribution in [3.63, 3.8) is 0 Å². The van der Waals surface area contributed by atoms with Crippen LogP contribution in [0.1, 0.15) is 18.4 Å². The lowest BCUT2D eigenvalue weighted by molar-refractivity contribution is -0.107. The smallest absolute Gasteiger partial charge is 0.124 e. The summed E-state index contributed by atoms with van der Waals surface area (Å²) < 4.78 is 6.14. The second-order valence-electron chi connectivity index (χ2n) is 4.74. The molecule has 0 aliphatic heterocycles. The first-order valence-electron chi connectivity index (χ1n) is 6.42. The number of halogens is 2. The predicted octanol–water partition coefficient (Wildman–Crippen LogP) is 4.41. The molecule has 0 fully saturated rings. The van der Waals surface area contributed by atoms with Gasteiger partial charge in [0.15, 0.2) is 0 Å². The standard InChI is InChI=1S/C16H16BrClO2/c1-20-14-4-2-11(3-5-14)8-13-9-15(17)12(6-7-19)10-16(13)18/h2-5,7,9,16H,6,8,10H2,1H3/t16-/m0/s1. The number of rotatable bonds is 5. The van der Waals surface area contributed by atoms with Gasteiger partial charge in [-0.2, -0.15) is 0 Å². The fraction of sp³-hybridized carbons (Fsp3) is 0.312. The Hall–Kier alpha value is -1.06. The molecule has 0 heterocycles. The van der Waals surface area contributed by atoms with Gasteiger partial charge in [-0.3, -0.25) is 0 Å². The average molecular weight is 356 g/mol. The number of carbonyl (C=O) groups is 1. The van der Waals surface area contributed by atoms with Crippen LogP contribution in [0.2, 0.25) is 0 Å². The third-order valence-corrected chi connectivity index (χ3v) is 4.60. The van der Waals surface area contributed by atoms with E-state index in [4.69, 9.17) is 16.3 Å². The number of hydrogen-bond donors (Lipinski definition) is 0. The summed E-state index contributed by atoms with van der Waals surface area (Å²) in [6, 6.07) is 7.99. The van der Waals surface area contributed by atoms with Crippen molar-refractivity contribution in [2.75, 3.05) is 7.11 Å². The van der Waals surface area contributed by atoms with E-state index in [1.54, 1.807) is 7.11 Å². The Balaban J connectivity index is 2.15. The molecular formula is C16H16BrClO2. The summed E-state index contributed by atoms with van der Waals surface area (Å²) in [6.07, 6.45) is 4.94. The third-order valence-electron chi connectivity index (χ3n) is 3.37. The number of benzene rings is 1. The van der Waals surface area contributed by atoms with Crippen LogP contribution in [-0.4, -0.2) is 18.8 Å². The second kappa shape index (κ2) is 7.09. The molecule has 0 unspecified atom stereocenters. The van der Waals surface area contributed by atoms with Crippen LogP contribution in [0.15, 0.2) is 46.0 Å². The van der Waals surface area contributed by atoms with Crippen molar-refractivity contribution < 1.29 is 9.53 Å². The third kappa shape index (κ3) is 3.74. The average Bonchev–Trinajstić information content (AvgIpc) is 2.45. The molecule has 2 rings (SSSR count). The Bertz CT molecular complexity index is 546. The molecule has 1 aromatic carbocycles. The first-order valence-corrected chi connectivity index (χ1v) is 7.65. The molecular weight excluding hydrogens is 340 g/mol. The van der Waals surface area contributed by atoms with Crippen LogP contribution in [0.25, 0.3) is 0 Å². The number of carbonyl (C=O) groups excluding carboxylic acids is 1. The van der Waals surface area contributed by atoms with E-state index in [1.807, 2.05) is 30.3 Å². The first-order chi connectivity index (χ1) is 9.63. The second-order valence-corrected chi connectivity index (χ2v) is 6.12. The predicted molar refractivity (Wildman–Crippen MR) is 85.7 cm³/mol. The van der Waals surface area contributed by atoms with Gasteiger partial charge >= 0.3 is 0 Å². The van der Waals surface area contributed by atoms with Gasteiger partial charge < -0.3 is 9.53 Å². The Morgan fingerprint density at radius 1 is 1.40 bits per heavy atom. The van der Waals surface area contributed by atoms with Crippen LogP contribution in [0, 0.1) is 0 Å². The van der Waals surface area contributed by atoms with Crippen LogP contribution in [0.4, 0.5) is 0 Å². The Morgan fingerprint density at radius 2 is 2.10 bits per heavy atom. The molecule has 1 atom stereocenters. The maximum Gasteiger partial charge on any atom is 0.124 e. The molecule has 4 heteroatoms. The van der Waals surface area contributed by atoms with Gasteiger partial charge in [0.25, 0.3) is 0 Å². The van der Waals surface area contributed by atoms with Crippen molar-refractivity contribution >= 4 is 33.8 Å². The molecule has 0 N–H and O–H groups in total. The maximum absolute atomic E-state index is 10.6. The minimum absolute atomic E-state index is 0.0478. The highest BCUT2D eigenvalue weighted by Gasteiger charge is 2.20. The summed E-state index contributed by atoms with van der Waals surface area (Å²) >= 11 is 9.95. The fourth-order valence-corrected chi connectivity index (χ4v) is 3.17. The SMILES string of the molecule is COc1ccc(CC2=CC(Br)=C(CC=O)C[C@@H]2Cl)cc1. The molecule has 0 saturated carbocycles. The number of allylic oxidation sites excluding steroid dienone is 4. The number of alkyl halides is 1. The summed E-state index contributed by atoms with van der Waals surface area (Å²) in [5, 5.41) is -0.0478. The molecule has 1 aliphatic rings. The van der Waals surface area contributed by atoms with Gasteiger partial charge in [0.2, 0.25) is 0 Å². The van der Waals surface area contributed by atoms with Gasteiger partial charge in [-0.05, 0) is 47.8 Å². The summed E-state index contributed by atoms with van der Waals surface area (Å²) in [5.41, 5.74) is 3.43. The maximum atomic E-state index is 10.6. The Morgan fingerprint density at radius 3 is 2.70 bits per heavy atom. The molecule has 0 amide bonds. The van der Waals surface area contributed by atoms with Crippen LogP contribution in [0.5, 0.6) is 5.75 Å². The van der Waals surface area contributed by atoms with Crippen molar-refractivity contribution in [2.45, 2.75) is 24.6 Å². The summed E-state index contributed by atoms with van der Waals surface area (Å²) in [4.78, 5) is 10.6. The molecule has 0 saturated heterocycles. The summed E-state index contributed by atoms with van der Waals surface area (Å²) in [5.74, 6) is 0.850. The van der Waals surface area contributed by atoms with Crippen molar-refractivity contribution in [1.29, 1.82) is 0 Å². The first kappa shape index (κ1) is 15.3. The number of hydrogen-bond acceptors (Lipinski definition) is 2. The summed E-state index contributed by atoms with van der Waals surface area (Å²) in [7, 11) is 1.66. The van der Waals surface area contributed by atoms with E-state index < -0.39 is 0 Å². The Labute approximate surface area is 132 Å². The zero-order chi connectivity index (χ0) is 14.5.